The van der Waals surface area contributed by atoms with Crippen molar-refractivity contribution in [1.82, 2.24) is 5.32 Å². The van der Waals surface area contributed by atoms with Crippen LogP contribution >= 0.6 is 15.9 Å². The van der Waals surface area contributed by atoms with Gasteiger partial charge in [-0.1, -0.05) is 86.9 Å². The predicted molar refractivity (Wildman–Crippen MR) is 98.0 cm³/mol. The highest BCUT2D eigenvalue weighted by Crippen LogP contribution is 2.25. The third-order valence-electron chi connectivity index (χ3n) is 4.12. The lowest BCUT2D eigenvalue weighted by molar-refractivity contribution is 0.510. The molecule has 1 atom stereocenters. The number of benzene rings is 1. The first kappa shape index (κ1) is 18.7. The van der Waals surface area contributed by atoms with Gasteiger partial charge in [-0.3, -0.25) is 0 Å². The SMILES string of the molecule is CCCCCCCCCC(CNCC)c1cccc(Br)c1. The lowest BCUT2D eigenvalue weighted by Gasteiger charge is -2.18. The van der Waals surface area contributed by atoms with E-state index < -0.39 is 0 Å². The maximum absolute atomic E-state index is 3.60. The lowest BCUT2D eigenvalue weighted by atomic mass is 9.92. The van der Waals surface area contributed by atoms with Crippen molar-refractivity contribution in [3.05, 3.63) is 34.3 Å². The summed E-state index contributed by atoms with van der Waals surface area (Å²) < 4.78 is 1.20. The molecule has 2 heteroatoms. The van der Waals surface area contributed by atoms with Crippen LogP contribution in [-0.4, -0.2) is 13.1 Å². The first-order valence-electron chi connectivity index (χ1n) is 8.74. The molecule has 1 nitrogen and oxygen atoms in total. The average molecular weight is 354 g/mol. The van der Waals surface area contributed by atoms with Gasteiger partial charge in [0.15, 0.2) is 0 Å². The van der Waals surface area contributed by atoms with E-state index in [9.17, 15) is 0 Å². The van der Waals surface area contributed by atoms with E-state index in [1.165, 1.54) is 61.4 Å². The van der Waals surface area contributed by atoms with E-state index in [-0.39, 0.29) is 0 Å². The van der Waals surface area contributed by atoms with Crippen molar-refractivity contribution in [3.63, 3.8) is 0 Å². The van der Waals surface area contributed by atoms with E-state index in [0.717, 1.165) is 13.1 Å². The molecule has 0 aliphatic rings. The van der Waals surface area contributed by atoms with Crippen LogP contribution in [0.1, 0.15) is 76.7 Å². The Morgan fingerprint density at radius 3 is 2.38 bits per heavy atom. The summed E-state index contributed by atoms with van der Waals surface area (Å²) in [6.07, 6.45) is 11.0. The first-order chi connectivity index (χ1) is 10.3. The molecule has 21 heavy (non-hydrogen) atoms. The van der Waals surface area contributed by atoms with Crippen molar-refractivity contribution >= 4 is 15.9 Å². The number of hydrogen-bond donors (Lipinski definition) is 1. The van der Waals surface area contributed by atoms with Gasteiger partial charge < -0.3 is 5.32 Å². The Bertz CT molecular complexity index is 364. The van der Waals surface area contributed by atoms with Crippen molar-refractivity contribution < 1.29 is 0 Å². The van der Waals surface area contributed by atoms with E-state index in [1.807, 2.05) is 0 Å². The Labute approximate surface area is 140 Å². The van der Waals surface area contributed by atoms with Gasteiger partial charge in [0.1, 0.15) is 0 Å². The largest absolute Gasteiger partial charge is 0.316 e. The zero-order valence-electron chi connectivity index (χ0n) is 13.8. The molecule has 120 valence electrons. The molecule has 0 amide bonds. The molecule has 0 spiro atoms. The summed E-state index contributed by atoms with van der Waals surface area (Å²) in [5.41, 5.74) is 1.47. The predicted octanol–water partition coefficient (Wildman–Crippen LogP) is 6.28. The molecule has 0 aromatic heterocycles. The van der Waals surface area contributed by atoms with Gasteiger partial charge in [0.2, 0.25) is 0 Å². The van der Waals surface area contributed by atoms with Gasteiger partial charge in [-0.15, -0.1) is 0 Å². The third-order valence-corrected chi connectivity index (χ3v) is 4.61. The zero-order valence-corrected chi connectivity index (χ0v) is 15.4. The third kappa shape index (κ3) is 8.63. The highest BCUT2D eigenvalue weighted by Gasteiger charge is 2.11. The van der Waals surface area contributed by atoms with Crippen LogP contribution in [-0.2, 0) is 0 Å². The highest BCUT2D eigenvalue weighted by atomic mass is 79.9. The van der Waals surface area contributed by atoms with E-state index in [2.05, 4.69) is 59.4 Å². The van der Waals surface area contributed by atoms with E-state index in [4.69, 9.17) is 0 Å². The summed E-state index contributed by atoms with van der Waals surface area (Å²) >= 11 is 3.60. The molecule has 0 saturated heterocycles. The Morgan fingerprint density at radius 1 is 1.00 bits per heavy atom. The number of rotatable bonds is 12. The van der Waals surface area contributed by atoms with Crippen LogP contribution < -0.4 is 5.32 Å². The van der Waals surface area contributed by atoms with Crippen LogP contribution in [0.15, 0.2) is 28.7 Å². The van der Waals surface area contributed by atoms with Gasteiger partial charge >= 0.3 is 0 Å². The molecule has 0 aliphatic carbocycles. The van der Waals surface area contributed by atoms with Crippen molar-refractivity contribution in [1.29, 1.82) is 0 Å². The van der Waals surface area contributed by atoms with Crippen LogP contribution in [0.3, 0.4) is 0 Å². The standard InChI is InChI=1S/C19H32BrN/c1-3-5-6-7-8-9-10-12-18(16-21-4-2)17-13-11-14-19(20)15-17/h11,13-15,18,21H,3-10,12,16H2,1-2H3. The fraction of sp³-hybridized carbons (Fsp3) is 0.684. The molecular formula is C19H32BrN. The topological polar surface area (TPSA) is 12.0 Å². The first-order valence-corrected chi connectivity index (χ1v) is 9.53. The van der Waals surface area contributed by atoms with Crippen molar-refractivity contribution in [2.75, 3.05) is 13.1 Å². The summed E-state index contributed by atoms with van der Waals surface area (Å²) in [5, 5.41) is 3.52. The Kier molecular flexibility index (Phi) is 10.9. The molecule has 1 N–H and O–H groups in total. The quantitative estimate of drug-likeness (QED) is 0.435. The molecule has 0 heterocycles. The molecule has 1 unspecified atom stereocenters. The van der Waals surface area contributed by atoms with Crippen LogP contribution in [0, 0.1) is 0 Å². The molecular weight excluding hydrogens is 322 g/mol. The van der Waals surface area contributed by atoms with E-state index in [0.29, 0.717) is 5.92 Å². The van der Waals surface area contributed by atoms with Crippen LogP contribution in [0.4, 0.5) is 0 Å². The lowest BCUT2D eigenvalue weighted by Crippen LogP contribution is -2.21. The summed E-state index contributed by atoms with van der Waals surface area (Å²) in [7, 11) is 0. The van der Waals surface area contributed by atoms with Gasteiger partial charge in [0, 0.05) is 11.0 Å². The van der Waals surface area contributed by atoms with Gasteiger partial charge in [0.25, 0.3) is 0 Å². The van der Waals surface area contributed by atoms with Gasteiger partial charge in [-0.2, -0.15) is 0 Å². The summed E-state index contributed by atoms with van der Waals surface area (Å²) in [5.74, 6) is 0.651. The minimum atomic E-state index is 0.651. The summed E-state index contributed by atoms with van der Waals surface area (Å²) in [4.78, 5) is 0. The Morgan fingerprint density at radius 2 is 1.71 bits per heavy atom. The molecule has 0 saturated carbocycles. The zero-order chi connectivity index (χ0) is 15.3. The minimum absolute atomic E-state index is 0.651. The van der Waals surface area contributed by atoms with Gasteiger partial charge in [-0.25, -0.2) is 0 Å². The number of nitrogens with one attached hydrogen (secondary N) is 1. The van der Waals surface area contributed by atoms with Crippen LogP contribution in [0.25, 0.3) is 0 Å². The van der Waals surface area contributed by atoms with Gasteiger partial charge in [0.05, 0.1) is 0 Å². The second-order valence-corrected chi connectivity index (χ2v) is 6.89. The Hall–Kier alpha value is -0.340. The van der Waals surface area contributed by atoms with Crippen molar-refractivity contribution in [2.24, 2.45) is 0 Å². The maximum atomic E-state index is 3.60. The fourth-order valence-electron chi connectivity index (χ4n) is 2.81. The second-order valence-electron chi connectivity index (χ2n) is 5.97. The monoisotopic (exact) mass is 353 g/mol. The Balaban J connectivity index is 2.33. The highest BCUT2D eigenvalue weighted by molar-refractivity contribution is 9.10. The smallest absolute Gasteiger partial charge is 0.0178 e. The van der Waals surface area contributed by atoms with Gasteiger partial charge in [-0.05, 0) is 36.6 Å². The molecule has 0 aliphatic heterocycles. The number of hydrogen-bond acceptors (Lipinski definition) is 1. The molecule has 0 bridgehead atoms. The normalized spacial score (nSPS) is 12.5. The number of unbranched alkanes of at least 4 members (excludes halogenated alkanes) is 6. The van der Waals surface area contributed by atoms with Crippen LogP contribution in [0.5, 0.6) is 0 Å². The van der Waals surface area contributed by atoms with E-state index >= 15 is 0 Å². The van der Waals surface area contributed by atoms with Crippen molar-refractivity contribution in [3.8, 4) is 0 Å². The van der Waals surface area contributed by atoms with E-state index in [1.54, 1.807) is 0 Å². The minimum Gasteiger partial charge on any atom is -0.316 e. The summed E-state index contributed by atoms with van der Waals surface area (Å²) in [6.45, 7) is 6.62. The molecule has 1 aromatic carbocycles. The second kappa shape index (κ2) is 12.2. The van der Waals surface area contributed by atoms with Crippen molar-refractivity contribution in [2.45, 2.75) is 71.1 Å². The van der Waals surface area contributed by atoms with Crippen LogP contribution in [0.2, 0.25) is 0 Å². The maximum Gasteiger partial charge on any atom is 0.0178 e. The fourth-order valence-corrected chi connectivity index (χ4v) is 3.23. The average Bonchev–Trinajstić information content (AvgIpc) is 2.49. The number of halogens is 1. The molecule has 1 aromatic rings. The number of likely N-dealkylation sites (N-methyl/N-ethyl adjacent to an activating group) is 1. The summed E-state index contributed by atoms with van der Waals surface area (Å²) in [6, 6.07) is 8.82. The molecule has 0 fully saturated rings. The molecule has 0 radical (unpaired) electrons. The molecule has 1 rings (SSSR count).